The predicted molar refractivity (Wildman–Crippen MR) is 77.9 cm³/mol. The second kappa shape index (κ2) is 5.88. The molecule has 2 rings (SSSR count). The Morgan fingerprint density at radius 2 is 2.32 bits per heavy atom. The molecule has 0 aliphatic carbocycles. The van der Waals surface area contributed by atoms with E-state index in [0.29, 0.717) is 24.3 Å². The van der Waals surface area contributed by atoms with Crippen LogP contribution in [0.3, 0.4) is 0 Å². The molecule has 0 atom stereocenters. The van der Waals surface area contributed by atoms with E-state index in [1.54, 1.807) is 23.1 Å². The average molecular weight is 323 g/mol. The molecular weight excluding hydrogens is 308 g/mol. The molecule has 19 heavy (non-hydrogen) atoms. The van der Waals surface area contributed by atoms with Gasteiger partial charge in [-0.1, -0.05) is 15.9 Å². The molecule has 1 amide bonds. The molecule has 0 unspecified atom stereocenters. The van der Waals surface area contributed by atoms with Gasteiger partial charge in [0.1, 0.15) is 0 Å². The van der Waals surface area contributed by atoms with E-state index in [4.69, 9.17) is 5.73 Å². The molecule has 1 aromatic heterocycles. The minimum atomic E-state index is -0.0786. The molecule has 0 aliphatic rings. The van der Waals surface area contributed by atoms with Gasteiger partial charge in [0.15, 0.2) is 0 Å². The summed E-state index contributed by atoms with van der Waals surface area (Å²) in [6.07, 6.45) is 3.32. The third-order valence-corrected chi connectivity index (χ3v) is 3.21. The number of rotatable bonds is 4. The van der Waals surface area contributed by atoms with Crippen molar-refractivity contribution >= 4 is 27.5 Å². The molecule has 6 heteroatoms. The summed E-state index contributed by atoms with van der Waals surface area (Å²) < 4.78 is 2.66. The van der Waals surface area contributed by atoms with Crippen molar-refractivity contribution in [2.45, 2.75) is 13.5 Å². The summed E-state index contributed by atoms with van der Waals surface area (Å²) in [4.78, 5) is 12.0. The fourth-order valence-corrected chi connectivity index (χ4v) is 2.24. The number of nitrogens with zero attached hydrogens (tertiary/aromatic N) is 2. The molecule has 0 saturated carbocycles. The third-order valence-electron chi connectivity index (χ3n) is 2.71. The van der Waals surface area contributed by atoms with Gasteiger partial charge < -0.3 is 11.1 Å². The van der Waals surface area contributed by atoms with Gasteiger partial charge in [-0.3, -0.25) is 9.48 Å². The van der Waals surface area contributed by atoms with Crippen molar-refractivity contribution in [3.63, 3.8) is 0 Å². The Hall–Kier alpha value is -1.82. The molecule has 0 radical (unpaired) electrons. The first kappa shape index (κ1) is 13.6. The molecule has 0 aliphatic heterocycles. The van der Waals surface area contributed by atoms with E-state index in [9.17, 15) is 4.79 Å². The lowest BCUT2D eigenvalue weighted by Gasteiger charge is -2.08. The van der Waals surface area contributed by atoms with Crippen LogP contribution < -0.4 is 11.1 Å². The van der Waals surface area contributed by atoms with Gasteiger partial charge in [-0.15, -0.1) is 0 Å². The number of nitrogens with one attached hydrogen (secondary N) is 1. The van der Waals surface area contributed by atoms with Gasteiger partial charge in [-0.25, -0.2) is 0 Å². The first-order valence-electron chi connectivity index (χ1n) is 5.88. The van der Waals surface area contributed by atoms with E-state index >= 15 is 0 Å². The number of benzene rings is 1. The lowest BCUT2D eigenvalue weighted by molar-refractivity contribution is 0.0951. The van der Waals surface area contributed by atoms with Gasteiger partial charge in [0.25, 0.3) is 5.91 Å². The number of amides is 1. The Labute approximate surface area is 119 Å². The standard InChI is InChI=1S/C13H15BrN4O/c1-9-6-10(14)2-3-12(9)13(19)16-4-5-18-8-11(15)7-17-18/h2-3,6-8H,4-5,15H2,1H3,(H,16,19). The number of hydrogen-bond donors (Lipinski definition) is 2. The van der Waals surface area contributed by atoms with Crippen molar-refractivity contribution in [3.05, 3.63) is 46.2 Å². The normalized spacial score (nSPS) is 10.4. The van der Waals surface area contributed by atoms with Crippen molar-refractivity contribution in [2.75, 3.05) is 12.3 Å². The Bertz CT molecular complexity index is 594. The number of aryl methyl sites for hydroxylation is 1. The van der Waals surface area contributed by atoms with Crippen molar-refractivity contribution in [1.29, 1.82) is 0 Å². The highest BCUT2D eigenvalue weighted by Crippen LogP contribution is 2.15. The van der Waals surface area contributed by atoms with E-state index < -0.39 is 0 Å². The van der Waals surface area contributed by atoms with Crippen molar-refractivity contribution in [1.82, 2.24) is 15.1 Å². The monoisotopic (exact) mass is 322 g/mol. The van der Waals surface area contributed by atoms with Crippen LogP contribution in [-0.4, -0.2) is 22.2 Å². The number of carbonyl (C=O) groups is 1. The first-order valence-corrected chi connectivity index (χ1v) is 6.68. The Balaban J connectivity index is 1.90. The highest BCUT2D eigenvalue weighted by Gasteiger charge is 2.08. The van der Waals surface area contributed by atoms with E-state index in [2.05, 4.69) is 26.3 Å². The van der Waals surface area contributed by atoms with Crippen LogP contribution in [0.1, 0.15) is 15.9 Å². The molecule has 2 aromatic rings. The molecule has 0 fully saturated rings. The second-order valence-corrected chi connectivity index (χ2v) is 5.17. The van der Waals surface area contributed by atoms with Gasteiger partial charge >= 0.3 is 0 Å². The van der Waals surface area contributed by atoms with Crippen LogP contribution >= 0.6 is 15.9 Å². The fourth-order valence-electron chi connectivity index (χ4n) is 1.76. The Kier molecular flexibility index (Phi) is 4.21. The second-order valence-electron chi connectivity index (χ2n) is 4.25. The van der Waals surface area contributed by atoms with Gasteiger partial charge in [0.2, 0.25) is 0 Å². The molecule has 100 valence electrons. The van der Waals surface area contributed by atoms with Crippen LogP contribution in [0.15, 0.2) is 35.1 Å². The third kappa shape index (κ3) is 3.57. The zero-order valence-corrected chi connectivity index (χ0v) is 12.1. The highest BCUT2D eigenvalue weighted by atomic mass is 79.9. The topological polar surface area (TPSA) is 72.9 Å². The Morgan fingerprint density at radius 1 is 1.53 bits per heavy atom. The predicted octanol–water partition coefficient (Wildman–Crippen LogP) is 1.97. The maximum atomic E-state index is 12.0. The van der Waals surface area contributed by atoms with Gasteiger partial charge in [-0.05, 0) is 30.7 Å². The molecule has 3 N–H and O–H groups in total. The van der Waals surface area contributed by atoms with Gasteiger partial charge in [0, 0.05) is 22.8 Å². The van der Waals surface area contributed by atoms with Crippen LogP contribution in [-0.2, 0) is 6.54 Å². The number of anilines is 1. The van der Waals surface area contributed by atoms with E-state index in [0.717, 1.165) is 10.0 Å². The maximum Gasteiger partial charge on any atom is 0.251 e. The number of aromatic nitrogens is 2. The van der Waals surface area contributed by atoms with Gasteiger partial charge in [0.05, 0.1) is 18.4 Å². The molecule has 0 saturated heterocycles. The molecule has 0 bridgehead atoms. The summed E-state index contributed by atoms with van der Waals surface area (Å²) in [6, 6.07) is 5.58. The van der Waals surface area contributed by atoms with Crippen LogP contribution in [0.4, 0.5) is 5.69 Å². The number of hydrogen-bond acceptors (Lipinski definition) is 3. The summed E-state index contributed by atoms with van der Waals surface area (Å²) in [5.41, 5.74) is 7.80. The maximum absolute atomic E-state index is 12.0. The summed E-state index contributed by atoms with van der Waals surface area (Å²) in [7, 11) is 0. The van der Waals surface area contributed by atoms with E-state index in [-0.39, 0.29) is 5.91 Å². The SMILES string of the molecule is Cc1cc(Br)ccc1C(=O)NCCn1cc(N)cn1. The molecule has 5 nitrogen and oxygen atoms in total. The van der Waals surface area contributed by atoms with Crippen LogP contribution in [0, 0.1) is 6.92 Å². The summed E-state index contributed by atoms with van der Waals surface area (Å²) >= 11 is 3.38. The molecule has 1 aromatic carbocycles. The van der Waals surface area contributed by atoms with Crippen LogP contribution in [0.2, 0.25) is 0 Å². The first-order chi connectivity index (χ1) is 9.06. The number of nitrogen functional groups attached to an aromatic ring is 1. The van der Waals surface area contributed by atoms with E-state index in [1.807, 2.05) is 19.1 Å². The fraction of sp³-hybridized carbons (Fsp3) is 0.231. The van der Waals surface area contributed by atoms with E-state index in [1.165, 1.54) is 0 Å². The largest absolute Gasteiger partial charge is 0.396 e. The Morgan fingerprint density at radius 3 is 2.95 bits per heavy atom. The minimum absolute atomic E-state index is 0.0786. The summed E-state index contributed by atoms with van der Waals surface area (Å²) in [5, 5.41) is 6.91. The number of halogens is 1. The van der Waals surface area contributed by atoms with Gasteiger partial charge in [-0.2, -0.15) is 5.10 Å². The average Bonchev–Trinajstić information content (AvgIpc) is 2.75. The lowest BCUT2D eigenvalue weighted by atomic mass is 10.1. The van der Waals surface area contributed by atoms with Crippen molar-refractivity contribution < 1.29 is 4.79 Å². The number of nitrogens with two attached hydrogens (primary N) is 1. The lowest BCUT2D eigenvalue weighted by Crippen LogP contribution is -2.27. The van der Waals surface area contributed by atoms with Crippen molar-refractivity contribution in [3.8, 4) is 0 Å². The van der Waals surface area contributed by atoms with Crippen LogP contribution in [0.25, 0.3) is 0 Å². The highest BCUT2D eigenvalue weighted by molar-refractivity contribution is 9.10. The molecular formula is C13H15BrN4O. The quantitative estimate of drug-likeness (QED) is 0.903. The number of carbonyl (C=O) groups excluding carboxylic acids is 1. The van der Waals surface area contributed by atoms with Crippen molar-refractivity contribution in [2.24, 2.45) is 0 Å². The summed E-state index contributed by atoms with van der Waals surface area (Å²) in [5.74, 6) is -0.0786. The van der Waals surface area contributed by atoms with Crippen LogP contribution in [0.5, 0.6) is 0 Å². The zero-order valence-electron chi connectivity index (χ0n) is 10.6. The molecule has 1 heterocycles. The zero-order chi connectivity index (χ0) is 13.8. The minimum Gasteiger partial charge on any atom is -0.396 e. The smallest absolute Gasteiger partial charge is 0.251 e. The molecule has 0 spiro atoms. The summed E-state index contributed by atoms with van der Waals surface area (Å²) in [6.45, 7) is 3.02.